The van der Waals surface area contributed by atoms with E-state index in [0.717, 1.165) is 24.4 Å². The summed E-state index contributed by atoms with van der Waals surface area (Å²) in [6.45, 7) is 2.84. The quantitative estimate of drug-likeness (QED) is 0.607. The molecule has 0 bridgehead atoms. The van der Waals surface area contributed by atoms with Crippen molar-refractivity contribution in [3.05, 3.63) is 59.8 Å². The van der Waals surface area contributed by atoms with Gasteiger partial charge in [-0.3, -0.25) is 4.99 Å². The maximum Gasteiger partial charge on any atom is 0.213 e. The Hall–Kier alpha value is -2.56. The molecule has 5 nitrogen and oxygen atoms in total. The van der Waals surface area contributed by atoms with Crippen molar-refractivity contribution >= 4 is 5.96 Å². The van der Waals surface area contributed by atoms with Gasteiger partial charge >= 0.3 is 0 Å². The first-order chi connectivity index (χ1) is 11.7. The smallest absolute Gasteiger partial charge is 0.213 e. The Bertz CT molecular complexity index is 643. The van der Waals surface area contributed by atoms with Gasteiger partial charge in [-0.1, -0.05) is 30.3 Å². The number of methoxy groups -OCH3 is 1. The normalized spacial score (nSPS) is 12.5. The Balaban J connectivity index is 1.78. The molecule has 1 unspecified atom stereocenters. The monoisotopic (exact) mass is 326 g/mol. The second kappa shape index (κ2) is 9.55. The summed E-state index contributed by atoms with van der Waals surface area (Å²) >= 11 is 0. The fourth-order valence-electron chi connectivity index (χ4n) is 2.39. The number of hydrogen-bond donors (Lipinski definition) is 2. The van der Waals surface area contributed by atoms with Crippen LogP contribution in [0.3, 0.4) is 0 Å². The van der Waals surface area contributed by atoms with E-state index in [1.807, 2.05) is 18.2 Å². The summed E-state index contributed by atoms with van der Waals surface area (Å²) in [5.74, 6) is 1.42. The summed E-state index contributed by atoms with van der Waals surface area (Å²) in [5.41, 5.74) is 2.46. The molecule has 2 rings (SSSR count). The number of aliphatic imine (C=N–C) groups is 1. The molecule has 0 aliphatic carbocycles. The number of rotatable bonds is 7. The maximum absolute atomic E-state index is 5.14. The van der Waals surface area contributed by atoms with Crippen LogP contribution < -0.4 is 15.4 Å². The largest absolute Gasteiger partial charge is 0.481 e. The van der Waals surface area contributed by atoms with Crippen LogP contribution in [0.5, 0.6) is 5.88 Å². The lowest BCUT2D eigenvalue weighted by atomic mass is 10.1. The third-order valence-corrected chi connectivity index (χ3v) is 3.78. The van der Waals surface area contributed by atoms with Crippen molar-refractivity contribution in [1.82, 2.24) is 15.6 Å². The van der Waals surface area contributed by atoms with Gasteiger partial charge in [-0.05, 0) is 37.0 Å². The standard InChI is InChI=1S/C19H26N4O/c1-15(9-10-16-7-5-4-6-8-16)23-19(20-2)22-14-17-11-12-21-18(13-17)24-3/h4-8,11-13,15H,9-10,14H2,1-3H3,(H2,20,22,23). The Morgan fingerprint density at radius 1 is 1.21 bits per heavy atom. The van der Waals surface area contributed by atoms with Gasteiger partial charge in [0.05, 0.1) is 7.11 Å². The number of hydrogen-bond acceptors (Lipinski definition) is 3. The van der Waals surface area contributed by atoms with Crippen molar-refractivity contribution in [1.29, 1.82) is 0 Å². The van der Waals surface area contributed by atoms with Gasteiger partial charge in [-0.15, -0.1) is 0 Å². The number of benzene rings is 1. The average Bonchev–Trinajstić information content (AvgIpc) is 2.64. The molecule has 1 atom stereocenters. The number of guanidine groups is 1. The number of nitrogens with zero attached hydrogens (tertiary/aromatic N) is 2. The molecular weight excluding hydrogens is 300 g/mol. The van der Waals surface area contributed by atoms with Gasteiger partial charge < -0.3 is 15.4 Å². The minimum Gasteiger partial charge on any atom is -0.481 e. The van der Waals surface area contributed by atoms with Crippen molar-refractivity contribution in [3.8, 4) is 5.88 Å². The van der Waals surface area contributed by atoms with Gasteiger partial charge in [0.15, 0.2) is 5.96 Å². The van der Waals surface area contributed by atoms with E-state index in [0.29, 0.717) is 18.5 Å². The summed E-state index contributed by atoms with van der Waals surface area (Å²) in [7, 11) is 3.40. The summed E-state index contributed by atoms with van der Waals surface area (Å²) in [5, 5.41) is 6.75. The van der Waals surface area contributed by atoms with Crippen LogP contribution in [0.25, 0.3) is 0 Å². The van der Waals surface area contributed by atoms with Gasteiger partial charge in [0.2, 0.25) is 5.88 Å². The lowest BCUT2D eigenvalue weighted by molar-refractivity contribution is 0.397. The van der Waals surface area contributed by atoms with E-state index in [1.165, 1.54) is 5.56 Å². The number of pyridine rings is 1. The topological polar surface area (TPSA) is 58.5 Å². The number of aromatic nitrogens is 1. The van der Waals surface area contributed by atoms with E-state index in [4.69, 9.17) is 4.74 Å². The molecule has 0 spiro atoms. The average molecular weight is 326 g/mol. The number of ether oxygens (including phenoxy) is 1. The van der Waals surface area contributed by atoms with Crippen molar-refractivity contribution in [3.63, 3.8) is 0 Å². The molecule has 0 amide bonds. The Morgan fingerprint density at radius 3 is 2.71 bits per heavy atom. The zero-order valence-electron chi connectivity index (χ0n) is 14.6. The third kappa shape index (κ3) is 5.91. The summed E-state index contributed by atoms with van der Waals surface area (Å²) in [6.07, 6.45) is 3.84. The van der Waals surface area contributed by atoms with Crippen molar-refractivity contribution in [2.45, 2.75) is 32.4 Å². The summed E-state index contributed by atoms with van der Waals surface area (Å²) in [6, 6.07) is 14.7. The maximum atomic E-state index is 5.14. The minimum atomic E-state index is 0.336. The van der Waals surface area contributed by atoms with Crippen LogP contribution in [0.1, 0.15) is 24.5 Å². The first kappa shape index (κ1) is 17.8. The highest BCUT2D eigenvalue weighted by Crippen LogP contribution is 2.08. The van der Waals surface area contributed by atoms with E-state index >= 15 is 0 Å². The highest BCUT2D eigenvalue weighted by atomic mass is 16.5. The van der Waals surface area contributed by atoms with Gasteiger partial charge in [0.25, 0.3) is 0 Å². The van der Waals surface area contributed by atoms with Gasteiger partial charge in [-0.2, -0.15) is 0 Å². The van der Waals surface area contributed by atoms with E-state index in [1.54, 1.807) is 20.4 Å². The lowest BCUT2D eigenvalue weighted by Gasteiger charge is -2.18. The van der Waals surface area contributed by atoms with Crippen LogP contribution >= 0.6 is 0 Å². The van der Waals surface area contributed by atoms with Crippen LogP contribution in [0.4, 0.5) is 0 Å². The highest BCUT2D eigenvalue weighted by molar-refractivity contribution is 5.79. The van der Waals surface area contributed by atoms with Crippen LogP contribution in [0.15, 0.2) is 53.7 Å². The summed E-state index contributed by atoms with van der Waals surface area (Å²) < 4.78 is 5.14. The van der Waals surface area contributed by atoms with Crippen LogP contribution in [0.2, 0.25) is 0 Å². The number of nitrogens with one attached hydrogen (secondary N) is 2. The Morgan fingerprint density at radius 2 is 2.00 bits per heavy atom. The second-order valence-electron chi connectivity index (χ2n) is 5.70. The van der Waals surface area contributed by atoms with E-state index < -0.39 is 0 Å². The van der Waals surface area contributed by atoms with Crippen molar-refractivity contribution in [2.75, 3.05) is 14.2 Å². The molecular formula is C19H26N4O. The lowest BCUT2D eigenvalue weighted by Crippen LogP contribution is -2.42. The molecule has 1 aromatic carbocycles. The van der Waals surface area contributed by atoms with E-state index in [9.17, 15) is 0 Å². The van der Waals surface area contributed by atoms with E-state index in [-0.39, 0.29) is 0 Å². The molecule has 0 fully saturated rings. The Labute approximate surface area is 144 Å². The van der Waals surface area contributed by atoms with Crippen molar-refractivity contribution in [2.24, 2.45) is 4.99 Å². The molecule has 0 saturated heterocycles. The highest BCUT2D eigenvalue weighted by Gasteiger charge is 2.06. The molecule has 24 heavy (non-hydrogen) atoms. The second-order valence-corrected chi connectivity index (χ2v) is 5.70. The molecule has 0 aliphatic heterocycles. The van der Waals surface area contributed by atoms with E-state index in [2.05, 4.69) is 51.8 Å². The van der Waals surface area contributed by atoms with Gasteiger partial charge in [0, 0.05) is 31.9 Å². The Kier molecular flexibility index (Phi) is 7.08. The zero-order chi connectivity index (χ0) is 17.2. The van der Waals surface area contributed by atoms with Crippen LogP contribution in [0, 0.1) is 0 Å². The van der Waals surface area contributed by atoms with Gasteiger partial charge in [0.1, 0.15) is 0 Å². The van der Waals surface area contributed by atoms with Crippen LogP contribution in [-0.4, -0.2) is 31.1 Å². The third-order valence-electron chi connectivity index (χ3n) is 3.78. The first-order valence-corrected chi connectivity index (χ1v) is 8.21. The molecule has 2 N–H and O–H groups in total. The van der Waals surface area contributed by atoms with Gasteiger partial charge in [-0.25, -0.2) is 4.98 Å². The molecule has 5 heteroatoms. The predicted octanol–water partition coefficient (Wildman–Crippen LogP) is 2.78. The predicted molar refractivity (Wildman–Crippen MR) is 98.3 cm³/mol. The molecule has 0 radical (unpaired) electrons. The molecule has 128 valence electrons. The number of aryl methyl sites for hydroxylation is 1. The van der Waals surface area contributed by atoms with Crippen molar-refractivity contribution < 1.29 is 4.74 Å². The summed E-state index contributed by atoms with van der Waals surface area (Å²) in [4.78, 5) is 8.40. The molecule has 0 saturated carbocycles. The molecule has 1 aromatic heterocycles. The first-order valence-electron chi connectivity index (χ1n) is 8.21. The SMILES string of the molecule is CN=C(NCc1ccnc(OC)c1)NC(C)CCc1ccccc1. The fourth-order valence-corrected chi connectivity index (χ4v) is 2.39. The zero-order valence-corrected chi connectivity index (χ0v) is 14.6. The minimum absolute atomic E-state index is 0.336. The van der Waals surface area contributed by atoms with Crippen LogP contribution in [-0.2, 0) is 13.0 Å². The molecule has 2 aromatic rings. The fraction of sp³-hybridized carbons (Fsp3) is 0.368. The molecule has 0 aliphatic rings. The molecule has 1 heterocycles.